The van der Waals surface area contributed by atoms with Crippen LogP contribution in [0.3, 0.4) is 0 Å². The van der Waals surface area contributed by atoms with E-state index in [0.29, 0.717) is 17.8 Å². The maximum atomic E-state index is 12.8. The van der Waals surface area contributed by atoms with Crippen molar-refractivity contribution >= 4 is 11.9 Å². The average molecular weight is 352 g/mol. The summed E-state index contributed by atoms with van der Waals surface area (Å²) < 4.78 is 8.26. The Hall–Kier alpha value is -3.35. The third-order valence-corrected chi connectivity index (χ3v) is 4.07. The van der Waals surface area contributed by atoms with Crippen molar-refractivity contribution in [2.45, 2.75) is 12.5 Å². The highest BCUT2D eigenvalue weighted by Gasteiger charge is 2.25. The van der Waals surface area contributed by atoms with E-state index in [0.717, 1.165) is 5.56 Å². The number of nitrogens with zero attached hydrogens (tertiary/aromatic N) is 3. The molecule has 2 heterocycles. The molecule has 2 aromatic heterocycles. The van der Waals surface area contributed by atoms with Gasteiger partial charge in [0.1, 0.15) is 17.4 Å². The van der Waals surface area contributed by atoms with E-state index in [4.69, 9.17) is 4.74 Å². The van der Waals surface area contributed by atoms with Gasteiger partial charge in [-0.25, -0.2) is 4.79 Å². The smallest absolute Gasteiger partial charge is 0.328 e. The van der Waals surface area contributed by atoms with Gasteiger partial charge in [-0.3, -0.25) is 9.48 Å². The number of hydrogen-bond donors (Lipinski definition) is 1. The molecule has 0 saturated heterocycles. The fourth-order valence-electron chi connectivity index (χ4n) is 2.79. The molecule has 0 fully saturated rings. The molecule has 0 unspecified atom stereocenters. The van der Waals surface area contributed by atoms with Gasteiger partial charge in [0.2, 0.25) is 0 Å². The van der Waals surface area contributed by atoms with Gasteiger partial charge in [-0.1, -0.05) is 30.3 Å². The maximum absolute atomic E-state index is 12.8. The second kappa shape index (κ2) is 7.69. The lowest BCUT2D eigenvalue weighted by atomic mass is 10.1. The SMILES string of the molecule is COC(=O)[C@H](Cc1ccccc1)NC(=O)c1cnn(C)c1-n1cccc1. The molecule has 3 rings (SSSR count). The van der Waals surface area contributed by atoms with Crippen molar-refractivity contribution in [1.29, 1.82) is 0 Å². The van der Waals surface area contributed by atoms with E-state index in [1.807, 2.05) is 54.9 Å². The van der Waals surface area contributed by atoms with E-state index in [1.165, 1.54) is 13.3 Å². The molecular weight excluding hydrogens is 332 g/mol. The number of aryl methyl sites for hydroxylation is 1. The zero-order chi connectivity index (χ0) is 18.5. The summed E-state index contributed by atoms with van der Waals surface area (Å²) in [5.74, 6) is -0.252. The molecule has 0 saturated carbocycles. The number of methoxy groups -OCH3 is 1. The summed E-state index contributed by atoms with van der Waals surface area (Å²) in [6, 6.07) is 12.4. The molecule has 1 aromatic carbocycles. The molecule has 1 N–H and O–H groups in total. The van der Waals surface area contributed by atoms with Crippen molar-refractivity contribution in [2.75, 3.05) is 7.11 Å². The van der Waals surface area contributed by atoms with Crippen LogP contribution in [0.1, 0.15) is 15.9 Å². The second-order valence-corrected chi connectivity index (χ2v) is 5.83. The number of ether oxygens (including phenoxy) is 1. The zero-order valence-electron chi connectivity index (χ0n) is 14.6. The largest absolute Gasteiger partial charge is 0.467 e. The lowest BCUT2D eigenvalue weighted by Crippen LogP contribution is -2.43. The minimum atomic E-state index is -0.785. The van der Waals surface area contributed by atoms with Crippen LogP contribution in [0.4, 0.5) is 0 Å². The highest BCUT2D eigenvalue weighted by molar-refractivity contribution is 5.99. The quantitative estimate of drug-likeness (QED) is 0.685. The minimum absolute atomic E-state index is 0.346. The van der Waals surface area contributed by atoms with Crippen LogP contribution in [0.15, 0.2) is 61.1 Å². The van der Waals surface area contributed by atoms with Gasteiger partial charge in [0, 0.05) is 25.9 Å². The maximum Gasteiger partial charge on any atom is 0.328 e. The van der Waals surface area contributed by atoms with E-state index in [1.54, 1.807) is 16.3 Å². The molecule has 26 heavy (non-hydrogen) atoms. The molecule has 0 bridgehead atoms. The van der Waals surface area contributed by atoms with Gasteiger partial charge < -0.3 is 14.6 Å². The van der Waals surface area contributed by atoms with Gasteiger partial charge in [0.05, 0.1) is 13.3 Å². The molecule has 0 aliphatic carbocycles. The topological polar surface area (TPSA) is 78.2 Å². The van der Waals surface area contributed by atoms with Gasteiger partial charge in [-0.05, 0) is 17.7 Å². The molecule has 7 nitrogen and oxygen atoms in total. The number of rotatable bonds is 6. The number of hydrogen-bond acceptors (Lipinski definition) is 4. The Labute approximate surface area is 151 Å². The van der Waals surface area contributed by atoms with E-state index < -0.39 is 12.0 Å². The third kappa shape index (κ3) is 3.66. The number of benzene rings is 1. The predicted molar refractivity (Wildman–Crippen MR) is 96.0 cm³/mol. The first kappa shape index (κ1) is 17.5. The van der Waals surface area contributed by atoms with Crippen LogP contribution in [0.5, 0.6) is 0 Å². The van der Waals surface area contributed by atoms with Gasteiger partial charge >= 0.3 is 5.97 Å². The molecule has 1 atom stereocenters. The molecule has 7 heteroatoms. The number of carbonyl (C=O) groups excluding carboxylic acids is 2. The Morgan fingerprint density at radius 1 is 1.15 bits per heavy atom. The van der Waals surface area contributed by atoms with Crippen LogP contribution in [0, 0.1) is 0 Å². The van der Waals surface area contributed by atoms with Crippen LogP contribution in [-0.4, -0.2) is 39.4 Å². The first-order chi connectivity index (χ1) is 12.6. The van der Waals surface area contributed by atoms with Crippen molar-refractivity contribution < 1.29 is 14.3 Å². The molecule has 3 aromatic rings. The number of amides is 1. The van der Waals surface area contributed by atoms with Gasteiger partial charge in [-0.2, -0.15) is 5.10 Å². The van der Waals surface area contributed by atoms with Crippen LogP contribution < -0.4 is 5.32 Å². The van der Waals surface area contributed by atoms with Crippen molar-refractivity contribution in [1.82, 2.24) is 19.7 Å². The second-order valence-electron chi connectivity index (χ2n) is 5.83. The minimum Gasteiger partial charge on any atom is -0.467 e. The first-order valence-corrected chi connectivity index (χ1v) is 8.18. The summed E-state index contributed by atoms with van der Waals surface area (Å²) in [5, 5.41) is 6.94. The monoisotopic (exact) mass is 352 g/mol. The predicted octanol–water partition coefficient (Wildman–Crippen LogP) is 1.72. The lowest BCUT2D eigenvalue weighted by Gasteiger charge is -2.17. The molecule has 0 aliphatic heterocycles. The Kier molecular flexibility index (Phi) is 5.17. The third-order valence-electron chi connectivity index (χ3n) is 4.07. The van der Waals surface area contributed by atoms with E-state index in [9.17, 15) is 9.59 Å². The Morgan fingerprint density at radius 3 is 2.50 bits per heavy atom. The van der Waals surface area contributed by atoms with Crippen LogP contribution >= 0.6 is 0 Å². The first-order valence-electron chi connectivity index (χ1n) is 8.18. The standard InChI is InChI=1S/C19H20N4O3/c1-22-18(23-10-6-7-11-23)15(13-20-22)17(24)21-16(19(25)26-2)12-14-8-4-3-5-9-14/h3-11,13,16H,12H2,1-2H3,(H,21,24)/t16-/m0/s1. The molecule has 1 amide bonds. The normalized spacial score (nSPS) is 11.8. The molecule has 0 radical (unpaired) electrons. The zero-order valence-corrected chi connectivity index (χ0v) is 14.6. The van der Waals surface area contributed by atoms with E-state index in [-0.39, 0.29) is 5.91 Å². The van der Waals surface area contributed by atoms with E-state index in [2.05, 4.69) is 10.4 Å². The molecule has 0 spiro atoms. The molecular formula is C19H20N4O3. The van der Waals surface area contributed by atoms with Crippen LogP contribution in [-0.2, 0) is 23.0 Å². The summed E-state index contributed by atoms with van der Waals surface area (Å²) >= 11 is 0. The highest BCUT2D eigenvalue weighted by atomic mass is 16.5. The van der Waals surface area contributed by atoms with Crippen molar-refractivity contribution in [3.05, 3.63) is 72.2 Å². The van der Waals surface area contributed by atoms with Crippen LogP contribution in [0.25, 0.3) is 5.82 Å². The van der Waals surface area contributed by atoms with Crippen molar-refractivity contribution in [3.63, 3.8) is 0 Å². The summed E-state index contributed by atoms with van der Waals surface area (Å²) in [6.45, 7) is 0. The summed E-state index contributed by atoms with van der Waals surface area (Å²) in [4.78, 5) is 24.9. The van der Waals surface area contributed by atoms with E-state index >= 15 is 0 Å². The van der Waals surface area contributed by atoms with Crippen molar-refractivity contribution in [2.24, 2.45) is 7.05 Å². The lowest BCUT2D eigenvalue weighted by molar-refractivity contribution is -0.142. The molecule has 134 valence electrons. The Morgan fingerprint density at radius 2 is 1.85 bits per heavy atom. The average Bonchev–Trinajstić information content (AvgIpc) is 3.30. The fraction of sp³-hybridized carbons (Fsp3) is 0.211. The summed E-state index contributed by atoms with van der Waals surface area (Å²) in [7, 11) is 3.07. The van der Waals surface area contributed by atoms with Gasteiger partial charge in [0.25, 0.3) is 5.91 Å². The Balaban J connectivity index is 1.84. The Bertz CT molecular complexity index is 885. The van der Waals surface area contributed by atoms with Gasteiger partial charge in [-0.15, -0.1) is 0 Å². The number of nitrogens with one attached hydrogen (secondary N) is 1. The number of aromatic nitrogens is 3. The molecule has 0 aliphatic rings. The fourth-order valence-corrected chi connectivity index (χ4v) is 2.79. The summed E-state index contributed by atoms with van der Waals surface area (Å²) in [6.07, 6.45) is 5.49. The van der Waals surface area contributed by atoms with Gasteiger partial charge in [0.15, 0.2) is 0 Å². The number of esters is 1. The highest BCUT2D eigenvalue weighted by Crippen LogP contribution is 2.14. The summed E-state index contributed by atoms with van der Waals surface area (Å²) in [5.41, 5.74) is 1.31. The number of carbonyl (C=O) groups is 2. The van der Waals surface area contributed by atoms with Crippen molar-refractivity contribution in [3.8, 4) is 5.82 Å². The van der Waals surface area contributed by atoms with Crippen LogP contribution in [0.2, 0.25) is 0 Å².